The highest BCUT2D eigenvalue weighted by molar-refractivity contribution is 6.51. The van der Waals surface area contributed by atoms with Gasteiger partial charge in [0.25, 0.3) is 0 Å². The maximum Gasteiger partial charge on any atom is 0.127 e. The van der Waals surface area contributed by atoms with Gasteiger partial charge in [0.1, 0.15) is 4.33 Å². The van der Waals surface area contributed by atoms with Crippen LogP contribution in [-0.2, 0) is 0 Å². The molecule has 0 aromatic carbocycles. The van der Waals surface area contributed by atoms with Gasteiger partial charge in [0.15, 0.2) is 0 Å². The second-order valence-corrected chi connectivity index (χ2v) is 4.75. The molecule has 2 aliphatic rings. The molecule has 2 aliphatic carbocycles. The predicted molar refractivity (Wildman–Crippen MR) is 41.3 cm³/mol. The fraction of sp³-hybridized carbons (Fsp3) is 1.00. The lowest BCUT2D eigenvalue weighted by Gasteiger charge is -2.13. The number of aliphatic hydroxyl groups excluding tert-OH is 1. The van der Waals surface area contributed by atoms with Crippen molar-refractivity contribution in [1.82, 2.24) is 0 Å². The third kappa shape index (κ3) is 0.806. The lowest BCUT2D eigenvalue weighted by molar-refractivity contribution is 0.115. The molecule has 0 amide bonds. The van der Waals surface area contributed by atoms with Gasteiger partial charge >= 0.3 is 0 Å². The number of alkyl halides is 2. The van der Waals surface area contributed by atoms with E-state index < -0.39 is 4.33 Å². The van der Waals surface area contributed by atoms with E-state index in [9.17, 15) is 5.11 Å². The third-order valence-corrected chi connectivity index (χ3v) is 3.76. The van der Waals surface area contributed by atoms with Crippen molar-refractivity contribution in [3.05, 3.63) is 0 Å². The summed E-state index contributed by atoms with van der Waals surface area (Å²) in [7, 11) is 0. The molecule has 2 rings (SSSR count). The molecule has 0 heterocycles. The zero-order valence-corrected chi connectivity index (χ0v) is 7.07. The van der Waals surface area contributed by atoms with E-state index in [1.54, 1.807) is 0 Å². The molecule has 0 spiro atoms. The van der Waals surface area contributed by atoms with Crippen molar-refractivity contribution in [1.29, 1.82) is 0 Å². The van der Waals surface area contributed by atoms with E-state index in [0.717, 1.165) is 19.3 Å². The summed E-state index contributed by atoms with van der Waals surface area (Å²) in [6.07, 6.45) is 2.80. The molecule has 1 N–H and O–H groups in total. The Hall–Kier alpha value is 0.540. The summed E-state index contributed by atoms with van der Waals surface area (Å²) in [5.74, 6) is 0.546. The van der Waals surface area contributed by atoms with Gasteiger partial charge in [-0.2, -0.15) is 0 Å². The smallest absolute Gasteiger partial charge is 0.127 e. The van der Waals surface area contributed by atoms with Gasteiger partial charge in [0.2, 0.25) is 0 Å². The Morgan fingerprint density at radius 3 is 2.50 bits per heavy atom. The molecule has 10 heavy (non-hydrogen) atoms. The summed E-state index contributed by atoms with van der Waals surface area (Å²) in [5.41, 5.74) is 0. The summed E-state index contributed by atoms with van der Waals surface area (Å²) < 4.78 is -0.587. The van der Waals surface area contributed by atoms with Crippen LogP contribution >= 0.6 is 23.2 Å². The number of halogens is 2. The molecule has 3 heteroatoms. The second-order valence-electron chi connectivity index (χ2n) is 3.31. The van der Waals surface area contributed by atoms with Crippen LogP contribution in [0.4, 0.5) is 0 Å². The van der Waals surface area contributed by atoms with Gasteiger partial charge in [0.05, 0.1) is 6.10 Å². The molecule has 2 fully saturated rings. The number of aliphatic hydroxyl groups is 1. The molecule has 1 nitrogen and oxygen atoms in total. The van der Waals surface area contributed by atoms with E-state index in [1.807, 2.05) is 0 Å². The van der Waals surface area contributed by atoms with Crippen LogP contribution in [0, 0.1) is 11.8 Å². The molecule has 0 saturated heterocycles. The average Bonchev–Trinajstić information content (AvgIpc) is 2.38. The normalized spacial score (nSPS) is 50.1. The first-order valence-corrected chi connectivity index (χ1v) is 4.45. The van der Waals surface area contributed by atoms with Crippen molar-refractivity contribution in [2.24, 2.45) is 11.8 Å². The van der Waals surface area contributed by atoms with Crippen LogP contribution in [0.2, 0.25) is 0 Å². The minimum Gasteiger partial charge on any atom is -0.393 e. The van der Waals surface area contributed by atoms with E-state index >= 15 is 0 Å². The number of hydrogen-bond acceptors (Lipinski definition) is 1. The molecule has 2 saturated carbocycles. The predicted octanol–water partition coefficient (Wildman–Crippen LogP) is 1.95. The Kier molecular flexibility index (Phi) is 1.46. The molecule has 0 aliphatic heterocycles. The molecule has 0 unspecified atom stereocenters. The number of fused-ring (bicyclic) bond motifs is 1. The van der Waals surface area contributed by atoms with Crippen molar-refractivity contribution < 1.29 is 5.11 Å². The van der Waals surface area contributed by atoms with Gasteiger partial charge in [-0.1, -0.05) is 6.42 Å². The Morgan fingerprint density at radius 1 is 1.30 bits per heavy atom. The van der Waals surface area contributed by atoms with Crippen LogP contribution in [0.1, 0.15) is 19.3 Å². The Bertz CT molecular complexity index is 158. The summed E-state index contributed by atoms with van der Waals surface area (Å²) >= 11 is 11.8. The van der Waals surface area contributed by atoms with Crippen molar-refractivity contribution in [3.63, 3.8) is 0 Å². The quantitative estimate of drug-likeness (QED) is 0.566. The Morgan fingerprint density at radius 2 is 2.00 bits per heavy atom. The minimum absolute atomic E-state index is 0.171. The van der Waals surface area contributed by atoms with E-state index in [4.69, 9.17) is 23.2 Å². The zero-order chi connectivity index (χ0) is 7.35. The van der Waals surface area contributed by atoms with Crippen LogP contribution in [0.15, 0.2) is 0 Å². The van der Waals surface area contributed by atoms with Crippen molar-refractivity contribution in [3.8, 4) is 0 Å². The van der Waals surface area contributed by atoms with Crippen LogP contribution < -0.4 is 0 Å². The minimum atomic E-state index is -0.587. The lowest BCUT2D eigenvalue weighted by Crippen LogP contribution is -2.15. The Balaban J connectivity index is 2.11. The largest absolute Gasteiger partial charge is 0.393 e. The number of hydrogen-bond donors (Lipinski definition) is 1. The first-order valence-electron chi connectivity index (χ1n) is 3.70. The first kappa shape index (κ1) is 7.20. The van der Waals surface area contributed by atoms with Crippen LogP contribution in [0.5, 0.6) is 0 Å². The maximum absolute atomic E-state index is 9.39. The topological polar surface area (TPSA) is 20.2 Å². The highest BCUT2D eigenvalue weighted by atomic mass is 35.5. The molecule has 3 atom stereocenters. The van der Waals surface area contributed by atoms with Gasteiger partial charge in [0, 0.05) is 11.8 Å². The van der Waals surface area contributed by atoms with Gasteiger partial charge in [-0.3, -0.25) is 0 Å². The van der Waals surface area contributed by atoms with Crippen molar-refractivity contribution in [2.45, 2.75) is 29.7 Å². The third-order valence-electron chi connectivity index (χ3n) is 2.69. The molecule has 0 bridgehead atoms. The second kappa shape index (κ2) is 2.02. The van der Waals surface area contributed by atoms with Crippen molar-refractivity contribution in [2.75, 3.05) is 0 Å². The summed E-state index contributed by atoms with van der Waals surface area (Å²) in [6.45, 7) is 0. The Labute approximate surface area is 70.3 Å². The maximum atomic E-state index is 9.39. The molecular weight excluding hydrogens is 171 g/mol. The molecule has 0 aromatic rings. The molecule has 0 aromatic heterocycles. The van der Waals surface area contributed by atoms with Crippen LogP contribution in [-0.4, -0.2) is 15.5 Å². The highest BCUT2D eigenvalue weighted by Crippen LogP contribution is 2.65. The van der Waals surface area contributed by atoms with E-state index in [1.165, 1.54) is 0 Å². The average molecular weight is 181 g/mol. The van der Waals surface area contributed by atoms with Gasteiger partial charge in [-0.15, -0.1) is 23.2 Å². The van der Waals surface area contributed by atoms with Gasteiger partial charge in [-0.05, 0) is 12.8 Å². The molecular formula is C7H10Cl2O. The van der Waals surface area contributed by atoms with Crippen molar-refractivity contribution >= 4 is 23.2 Å². The number of rotatable bonds is 0. The summed E-state index contributed by atoms with van der Waals surface area (Å²) in [4.78, 5) is 0. The fourth-order valence-corrected chi connectivity index (χ4v) is 3.00. The monoisotopic (exact) mass is 180 g/mol. The molecule has 58 valence electrons. The fourth-order valence-electron chi connectivity index (χ4n) is 2.04. The van der Waals surface area contributed by atoms with Crippen LogP contribution in [0.3, 0.4) is 0 Å². The van der Waals surface area contributed by atoms with E-state index in [0.29, 0.717) is 5.92 Å². The highest BCUT2D eigenvalue weighted by Gasteiger charge is 2.66. The summed E-state index contributed by atoms with van der Waals surface area (Å²) in [6, 6.07) is 0. The zero-order valence-electron chi connectivity index (χ0n) is 5.56. The van der Waals surface area contributed by atoms with Crippen LogP contribution in [0.25, 0.3) is 0 Å². The SMILES string of the molecule is O[C@@H]1CCC[C@H]2[C@@H]1C2(Cl)Cl. The standard InChI is InChI=1S/C7H10Cl2O/c8-7(9)4-2-1-3-5(10)6(4)7/h4-6,10H,1-3H2/t4-,5+,6-/m0/s1. The first-order chi connectivity index (χ1) is 4.64. The van der Waals surface area contributed by atoms with Gasteiger partial charge < -0.3 is 5.11 Å². The van der Waals surface area contributed by atoms with E-state index in [-0.39, 0.29) is 12.0 Å². The lowest BCUT2D eigenvalue weighted by atomic mass is 9.98. The van der Waals surface area contributed by atoms with E-state index in [2.05, 4.69) is 0 Å². The molecule has 0 radical (unpaired) electrons. The summed E-state index contributed by atoms with van der Waals surface area (Å²) in [5, 5.41) is 9.39. The van der Waals surface area contributed by atoms with Gasteiger partial charge in [-0.25, -0.2) is 0 Å².